The lowest BCUT2D eigenvalue weighted by atomic mass is 9.64. The number of fused-ring (bicyclic) bond motifs is 4. The van der Waals surface area contributed by atoms with E-state index in [1.54, 1.807) is 0 Å². The second kappa shape index (κ2) is 6.19. The minimum absolute atomic E-state index is 0.00660. The molecular weight excluding hydrogens is 348 g/mol. The number of rotatable bonds is 1. The Morgan fingerprint density at radius 2 is 1.75 bits per heavy atom. The average molecular weight is 381 g/mol. The van der Waals surface area contributed by atoms with Crippen molar-refractivity contribution < 1.29 is 9.47 Å². The summed E-state index contributed by atoms with van der Waals surface area (Å²) in [6.07, 6.45) is 2.00. The third-order valence-electron chi connectivity index (χ3n) is 7.01. The topological polar surface area (TPSA) is 33.7 Å². The van der Waals surface area contributed by atoms with Gasteiger partial charge in [-0.3, -0.25) is 4.90 Å². The first-order valence-corrected chi connectivity index (χ1v) is 10.6. The molecule has 2 saturated heterocycles. The van der Waals surface area contributed by atoms with Crippen LogP contribution in [0.2, 0.25) is 0 Å². The summed E-state index contributed by atoms with van der Waals surface area (Å²) in [7, 11) is 0. The molecule has 3 aliphatic rings. The maximum atomic E-state index is 7.07. The molecule has 0 amide bonds. The van der Waals surface area contributed by atoms with E-state index in [9.17, 15) is 0 Å². The Morgan fingerprint density at radius 1 is 1.00 bits per heavy atom. The van der Waals surface area contributed by atoms with Gasteiger partial charge in [0.15, 0.2) is 5.72 Å². The van der Waals surface area contributed by atoms with Crippen molar-refractivity contribution in [2.75, 3.05) is 26.3 Å². The number of hydrogen-bond donors (Lipinski definition) is 1. The summed E-state index contributed by atoms with van der Waals surface area (Å²) in [6.45, 7) is 12.8. The number of morpholine rings is 1. The van der Waals surface area contributed by atoms with Gasteiger partial charge in [0.05, 0.1) is 13.2 Å². The predicted octanol–water partition coefficient (Wildman–Crippen LogP) is 3.97. The van der Waals surface area contributed by atoms with E-state index >= 15 is 0 Å². The summed E-state index contributed by atoms with van der Waals surface area (Å²) < 4.78 is 12.8. The molecule has 2 aromatic rings. The fourth-order valence-corrected chi connectivity index (χ4v) is 6.20. The van der Waals surface area contributed by atoms with Crippen LogP contribution in [0.15, 0.2) is 36.4 Å². The lowest BCUT2D eigenvalue weighted by molar-refractivity contribution is -0.212. The summed E-state index contributed by atoms with van der Waals surface area (Å²) in [4.78, 5) is 2.57. The zero-order chi connectivity index (χ0) is 19.6. The minimum atomic E-state index is -0.294. The first-order valence-electron chi connectivity index (χ1n) is 10.6. The zero-order valence-electron chi connectivity index (χ0n) is 17.5. The highest BCUT2D eigenvalue weighted by Crippen LogP contribution is 2.52. The lowest BCUT2D eigenvalue weighted by Gasteiger charge is -2.63. The Kier molecular flexibility index (Phi) is 4.07. The monoisotopic (exact) mass is 380 g/mol. The number of hydrogen-bond acceptors (Lipinski definition) is 4. The van der Waals surface area contributed by atoms with Crippen molar-refractivity contribution >= 4 is 10.8 Å². The molecule has 1 N–H and O–H groups in total. The zero-order valence-corrected chi connectivity index (χ0v) is 17.5. The summed E-state index contributed by atoms with van der Waals surface area (Å²) in [5.41, 5.74) is 1.04. The van der Waals surface area contributed by atoms with E-state index in [4.69, 9.17) is 9.47 Å². The Balaban J connectivity index is 1.68. The second-order valence-corrected chi connectivity index (χ2v) is 9.97. The Morgan fingerprint density at radius 3 is 2.54 bits per heavy atom. The molecule has 0 saturated carbocycles. The van der Waals surface area contributed by atoms with Crippen LogP contribution in [0.5, 0.6) is 5.75 Å². The van der Waals surface area contributed by atoms with Gasteiger partial charge in [0.2, 0.25) is 0 Å². The third-order valence-corrected chi connectivity index (χ3v) is 7.01. The molecule has 0 spiro atoms. The number of nitrogens with one attached hydrogen (secondary N) is 1. The van der Waals surface area contributed by atoms with Crippen LogP contribution in [0.4, 0.5) is 0 Å². The molecule has 0 radical (unpaired) electrons. The molecule has 0 bridgehead atoms. The van der Waals surface area contributed by atoms with Gasteiger partial charge in [-0.25, -0.2) is 0 Å². The molecule has 3 heterocycles. The lowest BCUT2D eigenvalue weighted by Crippen LogP contribution is -2.77. The van der Waals surface area contributed by atoms with E-state index in [0.717, 1.165) is 44.9 Å². The van der Waals surface area contributed by atoms with Gasteiger partial charge in [-0.05, 0) is 51.0 Å². The smallest absolute Gasteiger partial charge is 0.170 e. The highest BCUT2D eigenvalue weighted by atomic mass is 16.5. The van der Waals surface area contributed by atoms with E-state index in [1.165, 1.54) is 16.3 Å². The first kappa shape index (κ1) is 18.4. The van der Waals surface area contributed by atoms with Gasteiger partial charge < -0.3 is 14.8 Å². The van der Waals surface area contributed by atoms with Crippen molar-refractivity contribution in [3.8, 4) is 5.75 Å². The Hall–Kier alpha value is -1.62. The van der Waals surface area contributed by atoms with Gasteiger partial charge in [-0.2, -0.15) is 0 Å². The number of piperidine rings is 1. The van der Waals surface area contributed by atoms with Crippen LogP contribution < -0.4 is 10.1 Å². The molecule has 2 atom stereocenters. The fraction of sp³-hybridized carbons (Fsp3) is 0.583. The van der Waals surface area contributed by atoms with Gasteiger partial charge in [-0.1, -0.05) is 30.3 Å². The minimum Gasteiger partial charge on any atom is -0.472 e. The van der Waals surface area contributed by atoms with Gasteiger partial charge >= 0.3 is 0 Å². The van der Waals surface area contributed by atoms with Gasteiger partial charge in [0, 0.05) is 42.1 Å². The maximum Gasteiger partial charge on any atom is 0.170 e. The van der Waals surface area contributed by atoms with Crippen molar-refractivity contribution in [1.29, 1.82) is 0 Å². The van der Waals surface area contributed by atoms with E-state index in [2.05, 4.69) is 74.3 Å². The number of nitrogens with zero attached hydrogens (tertiary/aromatic N) is 1. The predicted molar refractivity (Wildman–Crippen MR) is 113 cm³/mol. The van der Waals surface area contributed by atoms with E-state index in [1.807, 2.05) is 0 Å². The molecule has 150 valence electrons. The van der Waals surface area contributed by atoms with Crippen molar-refractivity contribution in [3.05, 3.63) is 42.0 Å². The summed E-state index contributed by atoms with van der Waals surface area (Å²) >= 11 is 0. The second-order valence-electron chi connectivity index (χ2n) is 9.97. The molecule has 2 fully saturated rings. The average Bonchev–Trinajstić information content (AvgIpc) is 2.66. The molecule has 5 rings (SSSR count). The van der Waals surface area contributed by atoms with E-state index in [-0.39, 0.29) is 16.8 Å². The molecule has 3 aliphatic heterocycles. The van der Waals surface area contributed by atoms with E-state index in [0.29, 0.717) is 5.92 Å². The Bertz CT molecular complexity index is 901. The van der Waals surface area contributed by atoms with Crippen molar-refractivity contribution in [1.82, 2.24) is 10.2 Å². The molecule has 0 aliphatic carbocycles. The molecular formula is C24H32N2O2. The van der Waals surface area contributed by atoms with Crippen LogP contribution >= 0.6 is 0 Å². The molecule has 0 aromatic heterocycles. The summed E-state index contributed by atoms with van der Waals surface area (Å²) in [6, 6.07) is 13.1. The van der Waals surface area contributed by atoms with Gasteiger partial charge in [0.25, 0.3) is 0 Å². The quantitative estimate of drug-likeness (QED) is 0.812. The van der Waals surface area contributed by atoms with Crippen LogP contribution in [-0.2, 0) is 11.2 Å². The molecule has 0 unspecified atom stereocenters. The van der Waals surface area contributed by atoms with Crippen LogP contribution in [0, 0.1) is 5.92 Å². The third kappa shape index (κ3) is 2.77. The number of benzene rings is 2. The SMILES string of the molecule is CC1(C)C[C@]2(N3CCOCC3)Oc3ccc4ccccc4c3C[C@@H]2C(C)(C)N1. The van der Waals surface area contributed by atoms with Crippen LogP contribution in [0.25, 0.3) is 10.8 Å². The fourth-order valence-electron chi connectivity index (χ4n) is 6.20. The molecule has 2 aromatic carbocycles. The summed E-state index contributed by atoms with van der Waals surface area (Å²) in [5.74, 6) is 1.43. The largest absolute Gasteiger partial charge is 0.472 e. The molecule has 28 heavy (non-hydrogen) atoms. The molecule has 4 nitrogen and oxygen atoms in total. The van der Waals surface area contributed by atoms with Crippen molar-refractivity contribution in [2.24, 2.45) is 5.92 Å². The highest BCUT2D eigenvalue weighted by molar-refractivity contribution is 5.88. The number of ether oxygens (including phenoxy) is 2. The standard InChI is InChI=1S/C24H32N2O2/c1-22(2)16-24(26-11-13-27-14-12-26)21(23(3,4)25-22)15-19-18-8-6-5-7-17(18)9-10-20(19)28-24/h5-10,21,25H,11-16H2,1-4H3/t21-,24+/m1/s1. The molecule has 4 heteroatoms. The van der Waals surface area contributed by atoms with Crippen molar-refractivity contribution in [3.63, 3.8) is 0 Å². The summed E-state index contributed by atoms with van der Waals surface area (Å²) in [5, 5.41) is 6.56. The first-order chi connectivity index (χ1) is 13.3. The van der Waals surface area contributed by atoms with Crippen LogP contribution in [-0.4, -0.2) is 48.0 Å². The normalized spacial score (nSPS) is 31.6. The van der Waals surface area contributed by atoms with Crippen LogP contribution in [0.1, 0.15) is 39.7 Å². The van der Waals surface area contributed by atoms with Gasteiger partial charge in [-0.15, -0.1) is 0 Å². The van der Waals surface area contributed by atoms with E-state index < -0.39 is 0 Å². The Labute approximate surface area is 168 Å². The maximum absolute atomic E-state index is 7.07. The van der Waals surface area contributed by atoms with Crippen molar-refractivity contribution in [2.45, 2.75) is 57.3 Å². The van der Waals surface area contributed by atoms with Gasteiger partial charge in [0.1, 0.15) is 5.75 Å². The van der Waals surface area contributed by atoms with Crippen LogP contribution in [0.3, 0.4) is 0 Å². The highest BCUT2D eigenvalue weighted by Gasteiger charge is 2.61.